The molecule has 0 N–H and O–H groups in total. The zero-order valence-electron chi connectivity index (χ0n) is 12.2. The third-order valence-electron chi connectivity index (χ3n) is 3.21. The molecule has 0 amide bonds. The van der Waals surface area contributed by atoms with E-state index in [1.54, 1.807) is 0 Å². The molecule has 0 saturated carbocycles. The number of esters is 1. The van der Waals surface area contributed by atoms with E-state index in [4.69, 9.17) is 4.74 Å². The van der Waals surface area contributed by atoms with Gasteiger partial charge in [0.1, 0.15) is 6.61 Å². The molecule has 104 valence electrons. The summed E-state index contributed by atoms with van der Waals surface area (Å²) in [6.07, 6.45) is 4.75. The van der Waals surface area contributed by atoms with Crippen LogP contribution in [0.1, 0.15) is 51.5 Å². The normalized spacial score (nSPS) is 13.1. The summed E-state index contributed by atoms with van der Waals surface area (Å²) in [6, 6.07) is 10.5. The van der Waals surface area contributed by atoms with E-state index in [2.05, 4.69) is 37.3 Å². The maximum Gasteiger partial charge on any atom is 0.305 e. The van der Waals surface area contributed by atoms with Gasteiger partial charge in [-0.05, 0) is 36.8 Å². The van der Waals surface area contributed by atoms with Gasteiger partial charge in [0, 0.05) is 6.42 Å². The highest BCUT2D eigenvalue weighted by atomic mass is 16.5. The van der Waals surface area contributed by atoms with Crippen LogP contribution < -0.4 is 0 Å². The Bertz CT molecular complexity index is 407. The van der Waals surface area contributed by atoms with Crippen LogP contribution in [-0.4, -0.2) is 12.6 Å². The zero-order valence-corrected chi connectivity index (χ0v) is 12.2. The monoisotopic (exact) mass is 260 g/mol. The average molecular weight is 260 g/mol. The van der Waals surface area contributed by atoms with Gasteiger partial charge in [-0.3, -0.25) is 4.79 Å². The van der Waals surface area contributed by atoms with Gasteiger partial charge in [-0.25, -0.2) is 0 Å². The lowest BCUT2D eigenvalue weighted by molar-refractivity contribution is -0.142. The molecule has 19 heavy (non-hydrogen) atoms. The van der Waals surface area contributed by atoms with Crippen LogP contribution in [-0.2, 0) is 9.53 Å². The molecule has 2 heteroatoms. The van der Waals surface area contributed by atoms with E-state index in [1.807, 2.05) is 19.9 Å². The first-order chi connectivity index (χ1) is 9.13. The van der Waals surface area contributed by atoms with Crippen molar-refractivity contribution in [2.24, 2.45) is 0 Å². The lowest BCUT2D eigenvalue weighted by Crippen LogP contribution is -2.04. The number of hydrogen-bond donors (Lipinski definition) is 0. The summed E-state index contributed by atoms with van der Waals surface area (Å²) < 4.78 is 5.09. The van der Waals surface area contributed by atoms with Crippen LogP contribution >= 0.6 is 0 Å². The van der Waals surface area contributed by atoms with Gasteiger partial charge in [-0.1, -0.05) is 50.3 Å². The number of rotatable bonds is 7. The van der Waals surface area contributed by atoms with Crippen LogP contribution in [0.4, 0.5) is 0 Å². The van der Waals surface area contributed by atoms with Gasteiger partial charge in [-0.2, -0.15) is 0 Å². The second kappa shape index (κ2) is 8.52. The first-order valence-electron chi connectivity index (χ1n) is 6.99. The molecule has 1 atom stereocenters. The molecule has 0 radical (unpaired) electrons. The van der Waals surface area contributed by atoms with Crippen molar-refractivity contribution in [3.63, 3.8) is 0 Å². The highest BCUT2D eigenvalue weighted by Gasteiger charge is 2.03. The Morgan fingerprint density at radius 3 is 2.63 bits per heavy atom. The number of benzene rings is 1. The van der Waals surface area contributed by atoms with Gasteiger partial charge < -0.3 is 4.74 Å². The van der Waals surface area contributed by atoms with Crippen molar-refractivity contribution < 1.29 is 9.53 Å². The summed E-state index contributed by atoms with van der Waals surface area (Å²) in [5.41, 5.74) is 2.51. The maximum atomic E-state index is 11.0. The minimum Gasteiger partial charge on any atom is -0.461 e. The molecule has 0 spiro atoms. The van der Waals surface area contributed by atoms with Crippen LogP contribution in [0.15, 0.2) is 42.0 Å². The molecule has 1 rings (SSSR count). The standard InChI is InChI=1S/C17H24O2/c1-4-17(18)19-13-14(2)9-8-10-15(3)16-11-6-5-7-12-16/h5-7,9,11-12,15H,4,8,10,13H2,1-3H3/b14-9-. The Balaban J connectivity index is 2.30. The van der Waals surface area contributed by atoms with Crippen molar-refractivity contribution in [2.75, 3.05) is 6.61 Å². The third-order valence-corrected chi connectivity index (χ3v) is 3.21. The first kappa shape index (κ1) is 15.5. The average Bonchev–Trinajstić information content (AvgIpc) is 2.45. The quantitative estimate of drug-likeness (QED) is 0.534. The van der Waals surface area contributed by atoms with E-state index in [-0.39, 0.29) is 5.97 Å². The Morgan fingerprint density at radius 1 is 1.32 bits per heavy atom. The van der Waals surface area contributed by atoms with E-state index in [1.165, 1.54) is 5.56 Å². The Morgan fingerprint density at radius 2 is 2.00 bits per heavy atom. The predicted molar refractivity (Wildman–Crippen MR) is 79.1 cm³/mol. The minimum absolute atomic E-state index is 0.134. The molecule has 0 aromatic heterocycles. The molecule has 1 aromatic rings. The fourth-order valence-electron chi connectivity index (χ4n) is 1.88. The Kier molecular flexibility index (Phi) is 6.94. The second-order valence-corrected chi connectivity index (χ2v) is 4.95. The van der Waals surface area contributed by atoms with Crippen molar-refractivity contribution in [3.05, 3.63) is 47.5 Å². The molecule has 0 aliphatic carbocycles. The fourth-order valence-corrected chi connectivity index (χ4v) is 1.88. The lowest BCUT2D eigenvalue weighted by atomic mass is 9.96. The first-order valence-corrected chi connectivity index (χ1v) is 6.99. The highest BCUT2D eigenvalue weighted by molar-refractivity contribution is 5.69. The molecular weight excluding hydrogens is 236 g/mol. The van der Waals surface area contributed by atoms with Crippen molar-refractivity contribution in [1.82, 2.24) is 0 Å². The van der Waals surface area contributed by atoms with Gasteiger partial charge in [0.15, 0.2) is 0 Å². The van der Waals surface area contributed by atoms with Crippen molar-refractivity contribution >= 4 is 5.97 Å². The molecule has 0 aliphatic rings. The fraction of sp³-hybridized carbons (Fsp3) is 0.471. The minimum atomic E-state index is -0.134. The molecule has 0 aliphatic heterocycles. The predicted octanol–water partition coefficient (Wildman–Crippen LogP) is 4.47. The summed E-state index contributed by atoms with van der Waals surface area (Å²) in [6.45, 7) is 6.49. The number of ether oxygens (including phenoxy) is 1. The van der Waals surface area contributed by atoms with Crippen molar-refractivity contribution in [1.29, 1.82) is 0 Å². The molecule has 1 unspecified atom stereocenters. The molecule has 0 heterocycles. The van der Waals surface area contributed by atoms with Crippen LogP contribution in [0.3, 0.4) is 0 Å². The van der Waals surface area contributed by atoms with E-state index in [9.17, 15) is 4.79 Å². The molecule has 0 fully saturated rings. The van der Waals surface area contributed by atoms with E-state index >= 15 is 0 Å². The molecule has 0 bridgehead atoms. The van der Waals surface area contributed by atoms with Gasteiger partial charge in [0.05, 0.1) is 0 Å². The number of carbonyl (C=O) groups excluding carboxylic acids is 1. The lowest BCUT2D eigenvalue weighted by Gasteiger charge is -2.10. The highest BCUT2D eigenvalue weighted by Crippen LogP contribution is 2.20. The van der Waals surface area contributed by atoms with Gasteiger partial charge in [-0.15, -0.1) is 0 Å². The van der Waals surface area contributed by atoms with E-state index in [0.29, 0.717) is 18.9 Å². The van der Waals surface area contributed by atoms with E-state index in [0.717, 1.165) is 18.4 Å². The van der Waals surface area contributed by atoms with Crippen molar-refractivity contribution in [3.8, 4) is 0 Å². The Labute approximate surface area is 116 Å². The van der Waals surface area contributed by atoms with E-state index < -0.39 is 0 Å². The van der Waals surface area contributed by atoms with Crippen LogP contribution in [0.25, 0.3) is 0 Å². The summed E-state index contributed by atoms with van der Waals surface area (Å²) in [4.78, 5) is 11.0. The second-order valence-electron chi connectivity index (χ2n) is 4.95. The van der Waals surface area contributed by atoms with Gasteiger partial charge in [0.25, 0.3) is 0 Å². The summed E-state index contributed by atoms with van der Waals surface area (Å²) in [5, 5.41) is 0. The van der Waals surface area contributed by atoms with Crippen LogP contribution in [0.5, 0.6) is 0 Å². The summed E-state index contributed by atoms with van der Waals surface area (Å²) in [7, 11) is 0. The molecular formula is C17H24O2. The smallest absolute Gasteiger partial charge is 0.305 e. The number of hydrogen-bond acceptors (Lipinski definition) is 2. The number of carbonyl (C=O) groups is 1. The number of allylic oxidation sites excluding steroid dienone is 1. The van der Waals surface area contributed by atoms with Crippen LogP contribution in [0.2, 0.25) is 0 Å². The zero-order chi connectivity index (χ0) is 14.1. The van der Waals surface area contributed by atoms with Crippen LogP contribution in [0, 0.1) is 0 Å². The molecule has 2 nitrogen and oxygen atoms in total. The largest absolute Gasteiger partial charge is 0.461 e. The molecule has 0 saturated heterocycles. The topological polar surface area (TPSA) is 26.3 Å². The molecule has 1 aromatic carbocycles. The summed E-state index contributed by atoms with van der Waals surface area (Å²) >= 11 is 0. The Hall–Kier alpha value is -1.57. The van der Waals surface area contributed by atoms with Gasteiger partial charge in [0.2, 0.25) is 0 Å². The van der Waals surface area contributed by atoms with Crippen molar-refractivity contribution in [2.45, 2.75) is 46.0 Å². The van der Waals surface area contributed by atoms with Gasteiger partial charge >= 0.3 is 5.97 Å². The maximum absolute atomic E-state index is 11.0. The SMILES string of the molecule is CCC(=O)OC/C(C)=C\CCC(C)c1ccccc1. The summed E-state index contributed by atoms with van der Waals surface area (Å²) in [5.74, 6) is 0.425. The third kappa shape index (κ3) is 6.23.